The van der Waals surface area contributed by atoms with E-state index in [1.54, 1.807) is 17.8 Å². The van der Waals surface area contributed by atoms with Gasteiger partial charge in [-0.05, 0) is 46.0 Å². The summed E-state index contributed by atoms with van der Waals surface area (Å²) < 4.78 is 0. The van der Waals surface area contributed by atoms with Crippen molar-refractivity contribution >= 4 is 17.5 Å². The summed E-state index contributed by atoms with van der Waals surface area (Å²) in [5.41, 5.74) is 1.59. The van der Waals surface area contributed by atoms with E-state index in [9.17, 15) is 9.90 Å². The Kier molecular flexibility index (Phi) is 3.35. The van der Waals surface area contributed by atoms with E-state index in [0.29, 0.717) is 5.57 Å². The van der Waals surface area contributed by atoms with Gasteiger partial charge in [-0.3, -0.25) is 4.79 Å². The van der Waals surface area contributed by atoms with Gasteiger partial charge >= 0.3 is 0 Å². The van der Waals surface area contributed by atoms with Crippen LogP contribution in [0.5, 0.6) is 0 Å². The zero-order chi connectivity index (χ0) is 14.4. The molecule has 0 spiro atoms. The Hall–Kier alpha value is -1.48. The highest BCUT2D eigenvalue weighted by Gasteiger charge is 2.30. The SMILES string of the molecule is C=C1C(=O)C(/C=C2/C=C(C)SC(C(C)(C)C)=C2)=C1O. The molecule has 0 aromatic rings. The van der Waals surface area contributed by atoms with Crippen LogP contribution in [0.15, 0.2) is 57.1 Å². The first kappa shape index (κ1) is 13.9. The summed E-state index contributed by atoms with van der Waals surface area (Å²) in [4.78, 5) is 14.0. The van der Waals surface area contributed by atoms with Crippen LogP contribution in [0.2, 0.25) is 0 Å². The third-order valence-electron chi connectivity index (χ3n) is 3.05. The van der Waals surface area contributed by atoms with Crippen molar-refractivity contribution in [3.05, 3.63) is 57.1 Å². The van der Waals surface area contributed by atoms with Crippen molar-refractivity contribution in [3.8, 4) is 0 Å². The molecule has 0 amide bonds. The summed E-state index contributed by atoms with van der Waals surface area (Å²) >= 11 is 1.75. The maximum absolute atomic E-state index is 11.6. The molecule has 0 radical (unpaired) electrons. The van der Waals surface area contributed by atoms with Gasteiger partial charge in [0.25, 0.3) is 0 Å². The molecule has 3 heteroatoms. The molecule has 0 saturated carbocycles. The van der Waals surface area contributed by atoms with Crippen molar-refractivity contribution < 1.29 is 9.90 Å². The largest absolute Gasteiger partial charge is 0.506 e. The van der Waals surface area contributed by atoms with Crippen LogP contribution < -0.4 is 0 Å². The molecule has 0 aromatic heterocycles. The number of hydrogen-bond donors (Lipinski definition) is 1. The highest BCUT2D eigenvalue weighted by Crippen LogP contribution is 2.43. The molecule has 2 rings (SSSR count). The van der Waals surface area contributed by atoms with Gasteiger partial charge in [0.05, 0.1) is 11.1 Å². The van der Waals surface area contributed by atoms with Gasteiger partial charge < -0.3 is 5.11 Å². The molecular formula is C16H18O2S. The maximum atomic E-state index is 11.6. The maximum Gasteiger partial charge on any atom is 0.199 e. The first-order chi connectivity index (χ1) is 8.70. The van der Waals surface area contributed by atoms with Crippen molar-refractivity contribution in [2.75, 3.05) is 0 Å². The van der Waals surface area contributed by atoms with Crippen LogP contribution in [0.4, 0.5) is 0 Å². The molecule has 1 aliphatic carbocycles. The minimum atomic E-state index is -0.167. The number of Topliss-reactive ketones (excluding diaryl/α,β-unsaturated/α-hetero) is 1. The predicted molar refractivity (Wildman–Crippen MR) is 80.8 cm³/mol. The third kappa shape index (κ3) is 2.61. The highest BCUT2D eigenvalue weighted by atomic mass is 32.2. The van der Waals surface area contributed by atoms with E-state index in [4.69, 9.17) is 0 Å². The molecule has 0 saturated heterocycles. The fourth-order valence-electron chi connectivity index (χ4n) is 1.89. The van der Waals surface area contributed by atoms with E-state index >= 15 is 0 Å². The number of allylic oxidation sites excluding steroid dienone is 8. The van der Waals surface area contributed by atoms with Gasteiger partial charge in [-0.1, -0.05) is 39.1 Å². The monoisotopic (exact) mass is 274 g/mol. The lowest BCUT2D eigenvalue weighted by Gasteiger charge is -2.26. The lowest BCUT2D eigenvalue weighted by molar-refractivity contribution is -0.113. The van der Waals surface area contributed by atoms with Gasteiger partial charge in [-0.15, -0.1) is 0 Å². The van der Waals surface area contributed by atoms with Crippen molar-refractivity contribution in [2.24, 2.45) is 5.41 Å². The molecule has 0 aromatic carbocycles. The number of carbonyl (C=O) groups is 1. The molecule has 0 atom stereocenters. The standard InChI is InChI=1S/C16H18O2S/c1-9-6-11(8-13(19-9)16(3,4)5)7-12-14(17)10(2)15(12)18/h6-8,17H,2H2,1,3-5H3/b11-7-. The van der Waals surface area contributed by atoms with E-state index in [2.05, 4.69) is 33.4 Å². The predicted octanol–water partition coefficient (Wildman–Crippen LogP) is 4.44. The number of thioether (sulfide) groups is 1. The number of rotatable bonds is 1. The van der Waals surface area contributed by atoms with Crippen LogP contribution in [0, 0.1) is 5.41 Å². The first-order valence-corrected chi connectivity index (χ1v) is 6.99. The van der Waals surface area contributed by atoms with Gasteiger partial charge in [0, 0.05) is 0 Å². The Labute approximate surface area is 118 Å². The minimum absolute atomic E-state index is 0.0208. The summed E-state index contributed by atoms with van der Waals surface area (Å²) in [5.74, 6) is -0.146. The van der Waals surface area contributed by atoms with Crippen LogP contribution in [-0.4, -0.2) is 10.9 Å². The fraction of sp³-hybridized carbons (Fsp3) is 0.312. The van der Waals surface area contributed by atoms with Gasteiger partial charge in [0.2, 0.25) is 0 Å². The van der Waals surface area contributed by atoms with Crippen molar-refractivity contribution in [1.29, 1.82) is 0 Å². The van der Waals surface area contributed by atoms with E-state index in [1.165, 1.54) is 9.81 Å². The van der Waals surface area contributed by atoms with Gasteiger partial charge in [0.1, 0.15) is 5.76 Å². The summed E-state index contributed by atoms with van der Waals surface area (Å²) in [5, 5.41) is 9.64. The van der Waals surface area contributed by atoms with Crippen molar-refractivity contribution in [2.45, 2.75) is 27.7 Å². The highest BCUT2D eigenvalue weighted by molar-refractivity contribution is 8.06. The Balaban J connectivity index is 2.40. The molecule has 0 bridgehead atoms. The average Bonchev–Trinajstić information content (AvgIpc) is 2.33. The van der Waals surface area contributed by atoms with Crippen LogP contribution >= 0.6 is 11.8 Å². The molecule has 0 fully saturated rings. The topological polar surface area (TPSA) is 37.3 Å². The molecule has 1 heterocycles. The second kappa shape index (κ2) is 4.57. The van der Waals surface area contributed by atoms with Crippen molar-refractivity contribution in [3.63, 3.8) is 0 Å². The fourth-order valence-corrected chi connectivity index (χ4v) is 2.93. The normalized spacial score (nSPS) is 22.4. The summed E-state index contributed by atoms with van der Waals surface area (Å²) in [6.07, 6.45) is 5.84. The molecule has 100 valence electrons. The smallest absolute Gasteiger partial charge is 0.199 e. The summed E-state index contributed by atoms with van der Waals surface area (Å²) in [6.45, 7) is 12.0. The lowest BCUT2D eigenvalue weighted by Crippen LogP contribution is -2.20. The van der Waals surface area contributed by atoms with E-state index in [1.807, 2.05) is 13.0 Å². The number of aliphatic hydroxyl groups is 1. The lowest BCUT2D eigenvalue weighted by atomic mass is 9.87. The van der Waals surface area contributed by atoms with Gasteiger partial charge in [-0.25, -0.2) is 0 Å². The summed E-state index contributed by atoms with van der Waals surface area (Å²) in [6, 6.07) is 0. The third-order valence-corrected chi connectivity index (χ3v) is 4.44. The zero-order valence-electron chi connectivity index (χ0n) is 11.7. The van der Waals surface area contributed by atoms with Crippen molar-refractivity contribution in [1.82, 2.24) is 0 Å². The van der Waals surface area contributed by atoms with E-state index in [0.717, 1.165) is 5.57 Å². The zero-order valence-corrected chi connectivity index (χ0v) is 12.5. The average molecular weight is 274 g/mol. The van der Waals surface area contributed by atoms with E-state index < -0.39 is 0 Å². The molecule has 1 N–H and O–H groups in total. The number of ketones is 1. The second-order valence-corrected chi connectivity index (χ2v) is 7.12. The Bertz CT molecular complexity index is 593. The van der Waals surface area contributed by atoms with Crippen LogP contribution in [0.25, 0.3) is 0 Å². The number of aliphatic hydroxyl groups excluding tert-OH is 1. The molecule has 1 aliphatic heterocycles. The van der Waals surface area contributed by atoms with Crippen LogP contribution in [-0.2, 0) is 4.79 Å². The summed E-state index contributed by atoms with van der Waals surface area (Å²) in [7, 11) is 0. The molecule has 2 nitrogen and oxygen atoms in total. The molecule has 0 unspecified atom stereocenters. The van der Waals surface area contributed by atoms with Gasteiger partial charge in [-0.2, -0.15) is 0 Å². The second-order valence-electron chi connectivity index (χ2n) is 5.83. The molecule has 2 aliphatic rings. The Morgan fingerprint density at radius 2 is 1.95 bits per heavy atom. The quantitative estimate of drug-likeness (QED) is 0.718. The van der Waals surface area contributed by atoms with Crippen LogP contribution in [0.3, 0.4) is 0 Å². The minimum Gasteiger partial charge on any atom is -0.506 e. The molecular weight excluding hydrogens is 256 g/mol. The Morgan fingerprint density at radius 3 is 2.47 bits per heavy atom. The number of hydrogen-bond acceptors (Lipinski definition) is 3. The van der Waals surface area contributed by atoms with Crippen LogP contribution in [0.1, 0.15) is 27.7 Å². The first-order valence-electron chi connectivity index (χ1n) is 6.17. The molecule has 19 heavy (non-hydrogen) atoms. The Morgan fingerprint density at radius 1 is 1.32 bits per heavy atom. The number of carbonyl (C=O) groups excluding carboxylic acids is 1. The van der Waals surface area contributed by atoms with E-state index in [-0.39, 0.29) is 22.5 Å². The van der Waals surface area contributed by atoms with Gasteiger partial charge in [0.15, 0.2) is 5.78 Å².